The van der Waals surface area contributed by atoms with Crippen LogP contribution in [0, 0.1) is 0 Å². The van der Waals surface area contributed by atoms with Gasteiger partial charge >= 0.3 is 0 Å². The van der Waals surface area contributed by atoms with Gasteiger partial charge in [0.25, 0.3) is 0 Å². The summed E-state index contributed by atoms with van der Waals surface area (Å²) in [5.41, 5.74) is 0. The van der Waals surface area contributed by atoms with Crippen molar-refractivity contribution in [1.29, 1.82) is 0 Å². The zero-order valence-corrected chi connectivity index (χ0v) is 3.85. The Kier molecular flexibility index (Phi) is 661. The molecule has 0 aromatic heterocycles. The molecule has 0 fully saturated rings. The van der Waals surface area contributed by atoms with E-state index in [0.717, 1.165) is 0 Å². The van der Waals surface area contributed by atoms with Crippen molar-refractivity contribution in [2.75, 3.05) is 0 Å². The van der Waals surface area contributed by atoms with Gasteiger partial charge in [-0.25, -0.2) is 0 Å². The predicted octanol–water partition coefficient (Wildman–Crippen LogP) is 0.0323. The number of hydrogen-bond donors (Lipinski definition) is 4. The first-order valence-electron chi connectivity index (χ1n) is 0.400. The maximum Gasteiger partial charge on any atom is 0 e. The fourth-order valence-electron chi connectivity index (χ4n) is 0. The molecule has 0 saturated heterocycles. The van der Waals surface area contributed by atoms with Crippen LogP contribution in [0.2, 0.25) is 0 Å². The molecule has 0 radical (unpaired) electrons. The van der Waals surface area contributed by atoms with E-state index in [0.29, 0.717) is 0 Å². The van der Waals surface area contributed by atoms with Gasteiger partial charge in [-0.15, -0.1) is 0 Å². The third-order valence-electron chi connectivity index (χ3n) is 0. The van der Waals surface area contributed by atoms with Gasteiger partial charge in [0.15, 0.2) is 0 Å². The summed E-state index contributed by atoms with van der Waals surface area (Å²) < 4.78 is 0. The molecule has 0 bridgehead atoms. The molecule has 0 saturated carbocycles. The Balaban J connectivity index is -0.0000000133. The maximum absolute atomic E-state index is 6.00. The summed E-state index contributed by atoms with van der Waals surface area (Å²) in [4.78, 5) is 0. The van der Waals surface area contributed by atoms with Crippen molar-refractivity contribution in [3.05, 3.63) is 0 Å². The molecule has 0 aromatic rings. The first-order valence-corrected chi connectivity index (χ1v) is 0.400. The van der Waals surface area contributed by atoms with E-state index in [1.807, 2.05) is 0 Å². The van der Waals surface area contributed by atoms with Crippen molar-refractivity contribution < 1.29 is 42.7 Å². The minimum atomic E-state index is 0. The zero-order chi connectivity index (χ0) is 4.00. The van der Waals surface area contributed by atoms with Gasteiger partial charge in [0, 0.05) is 21.7 Å². The summed E-state index contributed by atoms with van der Waals surface area (Å²) >= 11 is 0. The topological polar surface area (TPSA) is 80.9 Å². The molecule has 5 heteroatoms. The number of hydrogen-bond acceptors (Lipinski definition) is 4. The van der Waals surface area contributed by atoms with Crippen molar-refractivity contribution in [3.8, 4) is 0 Å². The van der Waals surface area contributed by atoms with Crippen LogP contribution < -0.4 is 0 Å². The Hall–Kier alpha value is 0.554. The van der Waals surface area contributed by atoms with E-state index in [2.05, 4.69) is 0 Å². The molecular weight excluding hydrogens is 112 g/mol. The summed E-state index contributed by atoms with van der Waals surface area (Å²) in [6.45, 7) is 0. The second kappa shape index (κ2) is 187. The maximum atomic E-state index is 6.00. The number of rotatable bonds is 0. The van der Waals surface area contributed by atoms with E-state index in [4.69, 9.17) is 21.0 Å². The Bertz CT molecular complexity index is 3.61. The van der Waals surface area contributed by atoms with Crippen LogP contribution in [-0.2, 0) is 21.7 Å². The first kappa shape index (κ1) is 17.7. The largest absolute Gasteiger partial charge is 0.255 e. The van der Waals surface area contributed by atoms with Gasteiger partial charge in [-0.05, 0) is 0 Å². The molecule has 4 N–H and O–H groups in total. The average Bonchev–Trinajstić information content (AvgIpc) is 1.50. The smallest absolute Gasteiger partial charge is 0 e. The summed E-state index contributed by atoms with van der Waals surface area (Å²) in [5, 5.41) is 24.0. The normalized spacial score (nSPS) is 2.40. The third-order valence-corrected chi connectivity index (χ3v) is 0. The van der Waals surface area contributed by atoms with E-state index in [-0.39, 0.29) is 21.7 Å². The molecule has 0 aliphatic carbocycles. The summed E-state index contributed by atoms with van der Waals surface area (Å²) in [6, 6.07) is 0. The van der Waals surface area contributed by atoms with Crippen molar-refractivity contribution >= 4 is 0 Å². The van der Waals surface area contributed by atoms with Crippen molar-refractivity contribution in [2.45, 2.75) is 0 Å². The second-order valence-electron chi connectivity index (χ2n) is 0. The Morgan fingerprint density at radius 1 is 0.600 bits per heavy atom. The molecule has 0 spiro atoms. The van der Waals surface area contributed by atoms with Crippen LogP contribution in [0.5, 0.6) is 0 Å². The fraction of sp³-hybridized carbons (Fsp3) is 0. The molecule has 0 heterocycles. The molecule has 0 unspecified atom stereocenters. The minimum Gasteiger partial charge on any atom is -0.255 e. The molecule has 32 valence electrons. The van der Waals surface area contributed by atoms with E-state index in [9.17, 15) is 0 Å². The van der Waals surface area contributed by atoms with Gasteiger partial charge < -0.3 is 0 Å². The van der Waals surface area contributed by atoms with Crippen LogP contribution in [-0.4, -0.2) is 21.0 Å². The van der Waals surface area contributed by atoms with Crippen LogP contribution in [0.3, 0.4) is 0 Å². The Morgan fingerprint density at radius 2 is 0.600 bits per heavy atom. The van der Waals surface area contributed by atoms with Gasteiger partial charge in [-0.3, -0.25) is 21.0 Å². The second-order valence-corrected chi connectivity index (χ2v) is 0. The summed E-state index contributed by atoms with van der Waals surface area (Å²) in [5.74, 6) is 0. The molecule has 0 rings (SSSR count). The molecule has 0 aromatic carbocycles. The van der Waals surface area contributed by atoms with E-state index < -0.39 is 0 Å². The zero-order valence-electron chi connectivity index (χ0n) is 2.29. The molecule has 0 aliphatic heterocycles. The SMILES string of the molecule is OO.OO.[Ti]. The Morgan fingerprint density at radius 3 is 0.600 bits per heavy atom. The summed E-state index contributed by atoms with van der Waals surface area (Å²) in [7, 11) is 0. The Labute approximate surface area is 43.4 Å². The van der Waals surface area contributed by atoms with E-state index >= 15 is 0 Å². The van der Waals surface area contributed by atoms with Gasteiger partial charge in [0.05, 0.1) is 0 Å². The third kappa shape index (κ3) is 96.7. The molecule has 0 atom stereocenters. The van der Waals surface area contributed by atoms with Gasteiger partial charge in [0.1, 0.15) is 0 Å². The van der Waals surface area contributed by atoms with Gasteiger partial charge in [-0.2, -0.15) is 0 Å². The van der Waals surface area contributed by atoms with Crippen molar-refractivity contribution in [3.63, 3.8) is 0 Å². The monoisotopic (exact) mass is 116 g/mol. The molecule has 0 amide bonds. The van der Waals surface area contributed by atoms with Crippen molar-refractivity contribution in [1.82, 2.24) is 0 Å². The summed E-state index contributed by atoms with van der Waals surface area (Å²) in [6.07, 6.45) is 0. The minimum absolute atomic E-state index is 0. The first-order chi connectivity index (χ1) is 2.00. The quantitative estimate of drug-likeness (QED) is 0.204. The predicted molar refractivity (Wildman–Crippen MR) is 10.5 cm³/mol. The van der Waals surface area contributed by atoms with Crippen LogP contribution >= 0.6 is 0 Å². The molecule has 5 heavy (non-hydrogen) atoms. The van der Waals surface area contributed by atoms with Gasteiger partial charge in [0.2, 0.25) is 0 Å². The molecule has 0 aliphatic rings. The average molecular weight is 116 g/mol. The molecular formula is H4O4Ti. The van der Waals surface area contributed by atoms with Gasteiger partial charge in [-0.1, -0.05) is 0 Å². The van der Waals surface area contributed by atoms with E-state index in [1.54, 1.807) is 0 Å². The standard InChI is InChI=1S/2H2O2.Ti/c2*1-2;/h2*1-2H;. The molecule has 4 nitrogen and oxygen atoms in total. The van der Waals surface area contributed by atoms with Crippen LogP contribution in [0.1, 0.15) is 0 Å². The van der Waals surface area contributed by atoms with Crippen LogP contribution in [0.25, 0.3) is 0 Å². The van der Waals surface area contributed by atoms with Crippen LogP contribution in [0.4, 0.5) is 0 Å². The van der Waals surface area contributed by atoms with Crippen LogP contribution in [0.15, 0.2) is 0 Å². The van der Waals surface area contributed by atoms with Crippen molar-refractivity contribution in [2.24, 2.45) is 0 Å². The fourth-order valence-corrected chi connectivity index (χ4v) is 0. The van der Waals surface area contributed by atoms with E-state index in [1.165, 1.54) is 0 Å².